The number of aromatic nitrogens is 2. The number of aryl methyl sites for hydroxylation is 2. The van der Waals surface area contributed by atoms with E-state index in [9.17, 15) is 4.79 Å². The molecule has 1 amide bonds. The number of nitrogens with zero attached hydrogens (tertiary/aromatic N) is 2. The molecule has 168 valence electrons. The van der Waals surface area contributed by atoms with Crippen molar-refractivity contribution in [1.29, 1.82) is 0 Å². The van der Waals surface area contributed by atoms with Crippen LogP contribution in [0.4, 0.5) is 5.69 Å². The zero-order valence-electron chi connectivity index (χ0n) is 18.5. The molecule has 0 bridgehead atoms. The number of thiazole rings is 1. The Bertz CT molecular complexity index is 1230. The lowest BCUT2D eigenvalue weighted by atomic mass is 10.1. The van der Waals surface area contributed by atoms with Crippen LogP contribution < -0.4 is 10.1 Å². The van der Waals surface area contributed by atoms with Gasteiger partial charge in [0.15, 0.2) is 0 Å². The molecule has 0 aliphatic carbocycles. The number of carbonyl (C=O) groups excluding carboxylic acids is 1. The Labute approximate surface area is 202 Å². The van der Waals surface area contributed by atoms with Gasteiger partial charge in [-0.3, -0.25) is 9.78 Å². The van der Waals surface area contributed by atoms with Gasteiger partial charge in [-0.15, -0.1) is 11.3 Å². The first-order valence-electron chi connectivity index (χ1n) is 10.7. The van der Waals surface area contributed by atoms with Crippen molar-refractivity contribution < 1.29 is 9.53 Å². The minimum absolute atomic E-state index is 0.0476. The Balaban J connectivity index is 1.30. The highest BCUT2D eigenvalue weighted by Gasteiger charge is 2.09. The van der Waals surface area contributed by atoms with E-state index in [-0.39, 0.29) is 5.91 Å². The summed E-state index contributed by atoms with van der Waals surface area (Å²) in [6.45, 7) is 4.37. The van der Waals surface area contributed by atoms with E-state index >= 15 is 0 Å². The lowest BCUT2D eigenvalue weighted by Gasteiger charge is -2.10. The van der Waals surface area contributed by atoms with Gasteiger partial charge in [-0.05, 0) is 67.8 Å². The average Bonchev–Trinajstić information content (AvgIpc) is 3.31. The molecule has 0 saturated heterocycles. The second kappa shape index (κ2) is 10.6. The van der Waals surface area contributed by atoms with E-state index in [1.54, 1.807) is 23.7 Å². The average molecular weight is 478 g/mol. The van der Waals surface area contributed by atoms with Crippen LogP contribution in [-0.2, 0) is 4.79 Å². The van der Waals surface area contributed by atoms with Crippen molar-refractivity contribution in [2.24, 2.45) is 0 Å². The fourth-order valence-electron chi connectivity index (χ4n) is 3.42. The zero-order chi connectivity index (χ0) is 23.2. The minimum Gasteiger partial charge on any atom is -0.494 e. The quantitative estimate of drug-likeness (QED) is 0.279. The molecule has 7 heteroatoms. The Morgan fingerprint density at radius 2 is 1.88 bits per heavy atom. The molecule has 4 rings (SSSR count). The molecule has 0 unspecified atom stereocenters. The molecule has 2 aromatic heterocycles. The third kappa shape index (κ3) is 5.97. The van der Waals surface area contributed by atoms with Crippen molar-refractivity contribution >= 4 is 34.5 Å². The van der Waals surface area contributed by atoms with E-state index < -0.39 is 0 Å². The van der Waals surface area contributed by atoms with E-state index in [1.807, 2.05) is 67.8 Å². The Hall–Kier alpha value is -3.22. The third-order valence-corrected chi connectivity index (χ3v) is 6.57. The van der Waals surface area contributed by atoms with Crippen LogP contribution in [0.25, 0.3) is 21.8 Å². The number of anilines is 1. The SMILES string of the molecule is Cc1cc(OCCCC(=O)Nc2cccc(-c3csc(-c4cccnc4)n3)c2)cc(C)c1Cl. The maximum Gasteiger partial charge on any atom is 0.224 e. The van der Waals surface area contributed by atoms with Gasteiger partial charge in [-0.1, -0.05) is 23.7 Å². The van der Waals surface area contributed by atoms with Crippen LogP contribution in [0.3, 0.4) is 0 Å². The van der Waals surface area contributed by atoms with Crippen LogP contribution in [0.15, 0.2) is 66.3 Å². The van der Waals surface area contributed by atoms with Crippen LogP contribution in [0, 0.1) is 13.8 Å². The number of nitrogens with one attached hydrogen (secondary N) is 1. The Morgan fingerprint density at radius 1 is 1.09 bits per heavy atom. The van der Waals surface area contributed by atoms with Gasteiger partial charge in [0.1, 0.15) is 10.8 Å². The van der Waals surface area contributed by atoms with Crippen LogP contribution in [0.1, 0.15) is 24.0 Å². The highest BCUT2D eigenvalue weighted by Crippen LogP contribution is 2.30. The molecule has 1 N–H and O–H groups in total. The maximum atomic E-state index is 12.4. The second-order valence-corrected chi connectivity index (χ2v) is 8.97. The van der Waals surface area contributed by atoms with Gasteiger partial charge >= 0.3 is 0 Å². The summed E-state index contributed by atoms with van der Waals surface area (Å²) in [6, 6.07) is 15.4. The molecule has 0 aliphatic heterocycles. The summed E-state index contributed by atoms with van der Waals surface area (Å²) in [7, 11) is 0. The van der Waals surface area contributed by atoms with Gasteiger partial charge in [0.05, 0.1) is 12.3 Å². The monoisotopic (exact) mass is 477 g/mol. The molecule has 0 atom stereocenters. The van der Waals surface area contributed by atoms with Crippen molar-refractivity contribution in [2.45, 2.75) is 26.7 Å². The smallest absolute Gasteiger partial charge is 0.224 e. The van der Waals surface area contributed by atoms with Gasteiger partial charge < -0.3 is 10.1 Å². The van der Waals surface area contributed by atoms with E-state index in [0.717, 1.165) is 49.4 Å². The number of benzene rings is 2. The predicted octanol–water partition coefficient (Wildman–Crippen LogP) is 6.94. The van der Waals surface area contributed by atoms with E-state index in [0.29, 0.717) is 19.4 Å². The molecule has 0 radical (unpaired) electrons. The molecule has 0 saturated carbocycles. The van der Waals surface area contributed by atoms with Gasteiger partial charge in [-0.2, -0.15) is 0 Å². The lowest BCUT2D eigenvalue weighted by molar-refractivity contribution is -0.116. The van der Waals surface area contributed by atoms with Crippen LogP contribution in [0.2, 0.25) is 5.02 Å². The summed E-state index contributed by atoms with van der Waals surface area (Å²) in [5.74, 6) is 0.727. The molecule has 2 heterocycles. The molecule has 33 heavy (non-hydrogen) atoms. The van der Waals surface area contributed by atoms with Gasteiger partial charge in [0.25, 0.3) is 0 Å². The van der Waals surface area contributed by atoms with Gasteiger partial charge in [0, 0.05) is 46.0 Å². The Morgan fingerprint density at radius 3 is 2.64 bits per heavy atom. The highest BCUT2D eigenvalue weighted by molar-refractivity contribution is 7.13. The number of ether oxygens (including phenoxy) is 1. The fourth-order valence-corrected chi connectivity index (χ4v) is 4.35. The van der Waals surface area contributed by atoms with E-state index in [2.05, 4.69) is 10.3 Å². The molecule has 5 nitrogen and oxygen atoms in total. The van der Waals surface area contributed by atoms with Crippen molar-refractivity contribution in [3.63, 3.8) is 0 Å². The van der Waals surface area contributed by atoms with E-state index in [1.165, 1.54) is 0 Å². The standard InChI is InChI=1S/C26H24ClN3O2S/c1-17-12-22(13-18(2)25(17)27)32-11-5-9-24(31)29-21-8-3-6-19(14-21)23-16-33-26(30-23)20-7-4-10-28-15-20/h3-4,6-8,10,12-16H,5,9,11H2,1-2H3,(H,29,31). The topological polar surface area (TPSA) is 64.1 Å². The second-order valence-electron chi connectivity index (χ2n) is 7.73. The van der Waals surface area contributed by atoms with Gasteiger partial charge in [-0.25, -0.2) is 4.98 Å². The predicted molar refractivity (Wildman–Crippen MR) is 135 cm³/mol. The number of hydrogen-bond acceptors (Lipinski definition) is 5. The van der Waals surface area contributed by atoms with Crippen molar-refractivity contribution in [3.8, 4) is 27.6 Å². The van der Waals surface area contributed by atoms with Crippen LogP contribution in [0.5, 0.6) is 5.75 Å². The first-order valence-corrected chi connectivity index (χ1v) is 11.9. The summed E-state index contributed by atoms with van der Waals surface area (Å²) in [5.41, 5.74) is 5.53. The molecule has 2 aromatic carbocycles. The zero-order valence-corrected chi connectivity index (χ0v) is 20.0. The summed E-state index contributed by atoms with van der Waals surface area (Å²) in [4.78, 5) is 21.3. The minimum atomic E-state index is -0.0476. The summed E-state index contributed by atoms with van der Waals surface area (Å²) >= 11 is 7.77. The molecule has 0 spiro atoms. The van der Waals surface area contributed by atoms with Crippen LogP contribution >= 0.6 is 22.9 Å². The number of halogens is 1. The lowest BCUT2D eigenvalue weighted by Crippen LogP contribution is -2.12. The van der Waals surface area contributed by atoms with Crippen molar-refractivity contribution in [1.82, 2.24) is 9.97 Å². The third-order valence-electron chi connectivity index (χ3n) is 5.08. The van der Waals surface area contributed by atoms with Gasteiger partial charge in [0.2, 0.25) is 5.91 Å². The van der Waals surface area contributed by atoms with Crippen molar-refractivity contribution in [3.05, 3.63) is 82.5 Å². The first kappa shape index (κ1) is 23.0. The van der Waals surface area contributed by atoms with Crippen LogP contribution in [-0.4, -0.2) is 22.5 Å². The molecular formula is C26H24ClN3O2S. The number of pyridine rings is 1. The molecule has 4 aromatic rings. The van der Waals surface area contributed by atoms with Crippen molar-refractivity contribution in [2.75, 3.05) is 11.9 Å². The maximum absolute atomic E-state index is 12.4. The highest BCUT2D eigenvalue weighted by atomic mass is 35.5. The first-order chi connectivity index (χ1) is 16.0. The number of rotatable bonds is 8. The van der Waals surface area contributed by atoms with E-state index in [4.69, 9.17) is 21.3 Å². The molecule has 0 aliphatic rings. The summed E-state index contributed by atoms with van der Waals surface area (Å²) < 4.78 is 5.79. The number of carbonyl (C=O) groups is 1. The molecule has 0 fully saturated rings. The summed E-state index contributed by atoms with van der Waals surface area (Å²) in [5, 5.41) is 6.66. The largest absolute Gasteiger partial charge is 0.494 e. The summed E-state index contributed by atoms with van der Waals surface area (Å²) in [6.07, 6.45) is 4.54. The normalized spacial score (nSPS) is 10.8. The fraction of sp³-hybridized carbons (Fsp3) is 0.192. The Kier molecular flexibility index (Phi) is 7.37. The molecular weight excluding hydrogens is 454 g/mol. The number of amides is 1. The number of hydrogen-bond donors (Lipinski definition) is 1.